The third-order valence-electron chi connectivity index (χ3n) is 3.27. The lowest BCUT2D eigenvalue weighted by atomic mass is 9.90. The summed E-state index contributed by atoms with van der Waals surface area (Å²) in [5, 5.41) is 3.74. The Morgan fingerprint density at radius 2 is 1.90 bits per heavy atom. The van der Waals surface area contributed by atoms with Crippen LogP contribution in [0, 0.1) is 17.7 Å². The average molecular weight is 300 g/mol. The maximum Gasteiger partial charge on any atom is 0.144 e. The lowest BCUT2D eigenvalue weighted by Gasteiger charge is -2.26. The Hall–Kier alpha value is -0.600. The Morgan fingerprint density at radius 1 is 1.25 bits per heavy atom. The first-order valence-electron chi connectivity index (χ1n) is 7.37. The molecule has 0 heterocycles. The molecule has 0 spiro atoms. The van der Waals surface area contributed by atoms with Gasteiger partial charge in [-0.05, 0) is 63.6 Å². The highest BCUT2D eigenvalue weighted by atomic mass is 35.5. The second-order valence-electron chi connectivity index (χ2n) is 7.04. The Bertz CT molecular complexity index is 423. The van der Waals surface area contributed by atoms with E-state index >= 15 is 0 Å². The summed E-state index contributed by atoms with van der Waals surface area (Å²) in [4.78, 5) is 0. The quantitative estimate of drug-likeness (QED) is 0.773. The standard InChI is InChI=1S/C17H27ClFN/c1-12(2)9-13(11-20-17(3,4)5)10-14-7-6-8-15(18)16(14)19/h6-8,12-13,20H,9-11H2,1-5H3. The predicted molar refractivity (Wildman–Crippen MR) is 85.8 cm³/mol. The van der Waals surface area contributed by atoms with Crippen molar-refractivity contribution >= 4 is 11.6 Å². The number of hydrogen-bond acceptors (Lipinski definition) is 1. The van der Waals surface area contributed by atoms with E-state index in [0.717, 1.165) is 24.9 Å². The molecule has 0 aromatic heterocycles. The summed E-state index contributed by atoms with van der Waals surface area (Å²) in [5.41, 5.74) is 0.807. The van der Waals surface area contributed by atoms with Crippen LogP contribution in [0.2, 0.25) is 5.02 Å². The molecule has 0 aliphatic heterocycles. The number of nitrogens with one attached hydrogen (secondary N) is 1. The minimum atomic E-state index is -0.265. The summed E-state index contributed by atoms with van der Waals surface area (Å²) in [5.74, 6) is 0.755. The zero-order valence-corrected chi connectivity index (χ0v) is 14.0. The van der Waals surface area contributed by atoms with Crippen molar-refractivity contribution in [1.29, 1.82) is 0 Å². The van der Waals surface area contributed by atoms with E-state index in [-0.39, 0.29) is 16.4 Å². The van der Waals surface area contributed by atoms with Gasteiger partial charge in [-0.2, -0.15) is 0 Å². The van der Waals surface area contributed by atoms with Crippen molar-refractivity contribution in [3.8, 4) is 0 Å². The third kappa shape index (κ3) is 6.23. The van der Waals surface area contributed by atoms with Gasteiger partial charge in [-0.25, -0.2) is 4.39 Å². The summed E-state index contributed by atoms with van der Waals surface area (Å²) >= 11 is 5.86. The molecule has 114 valence electrons. The highest BCUT2D eigenvalue weighted by molar-refractivity contribution is 6.30. The molecule has 0 saturated carbocycles. The SMILES string of the molecule is CC(C)CC(CNC(C)(C)C)Cc1cccc(Cl)c1F. The lowest BCUT2D eigenvalue weighted by molar-refractivity contribution is 0.329. The summed E-state index contributed by atoms with van der Waals surface area (Å²) in [6.07, 6.45) is 1.81. The van der Waals surface area contributed by atoms with E-state index in [2.05, 4.69) is 39.9 Å². The van der Waals surface area contributed by atoms with Crippen LogP contribution in [0.25, 0.3) is 0 Å². The van der Waals surface area contributed by atoms with Gasteiger partial charge >= 0.3 is 0 Å². The molecule has 3 heteroatoms. The van der Waals surface area contributed by atoms with E-state index in [0.29, 0.717) is 11.8 Å². The van der Waals surface area contributed by atoms with Crippen LogP contribution in [-0.4, -0.2) is 12.1 Å². The van der Waals surface area contributed by atoms with Crippen molar-refractivity contribution < 1.29 is 4.39 Å². The van der Waals surface area contributed by atoms with Crippen molar-refractivity contribution in [3.05, 3.63) is 34.6 Å². The van der Waals surface area contributed by atoms with E-state index in [1.807, 2.05) is 12.1 Å². The van der Waals surface area contributed by atoms with Crippen LogP contribution < -0.4 is 5.32 Å². The molecule has 20 heavy (non-hydrogen) atoms. The Morgan fingerprint density at radius 3 is 2.45 bits per heavy atom. The number of benzene rings is 1. The van der Waals surface area contributed by atoms with Crippen LogP contribution in [0.4, 0.5) is 4.39 Å². The van der Waals surface area contributed by atoms with Crippen molar-refractivity contribution in [3.63, 3.8) is 0 Å². The molecule has 1 aromatic carbocycles. The number of rotatable bonds is 6. The smallest absolute Gasteiger partial charge is 0.144 e. The first-order chi connectivity index (χ1) is 9.19. The maximum atomic E-state index is 14.0. The summed E-state index contributed by atoms with van der Waals surface area (Å²) in [7, 11) is 0. The molecule has 0 radical (unpaired) electrons. The minimum Gasteiger partial charge on any atom is -0.312 e. The molecule has 1 atom stereocenters. The number of hydrogen-bond donors (Lipinski definition) is 1. The van der Waals surface area contributed by atoms with Crippen LogP contribution in [0.5, 0.6) is 0 Å². The van der Waals surface area contributed by atoms with Gasteiger partial charge in [-0.1, -0.05) is 37.6 Å². The highest BCUT2D eigenvalue weighted by Gasteiger charge is 2.18. The molecule has 0 aliphatic rings. The monoisotopic (exact) mass is 299 g/mol. The highest BCUT2D eigenvalue weighted by Crippen LogP contribution is 2.23. The normalized spacial score (nSPS) is 13.8. The average Bonchev–Trinajstić information content (AvgIpc) is 2.30. The van der Waals surface area contributed by atoms with Crippen molar-refractivity contribution in [2.75, 3.05) is 6.54 Å². The fourth-order valence-corrected chi connectivity index (χ4v) is 2.57. The Balaban J connectivity index is 2.76. The fourth-order valence-electron chi connectivity index (χ4n) is 2.37. The first-order valence-corrected chi connectivity index (χ1v) is 7.74. The Kier molecular flexibility index (Phi) is 6.47. The molecule has 0 saturated heterocycles. The molecule has 0 fully saturated rings. The second-order valence-corrected chi connectivity index (χ2v) is 7.45. The van der Waals surface area contributed by atoms with Crippen molar-refractivity contribution in [1.82, 2.24) is 5.32 Å². The van der Waals surface area contributed by atoms with E-state index in [4.69, 9.17) is 11.6 Å². The van der Waals surface area contributed by atoms with Crippen LogP contribution >= 0.6 is 11.6 Å². The molecule has 1 nitrogen and oxygen atoms in total. The summed E-state index contributed by atoms with van der Waals surface area (Å²) in [6.45, 7) is 11.8. The van der Waals surface area contributed by atoms with E-state index in [1.54, 1.807) is 6.07 Å². The molecule has 0 bridgehead atoms. The van der Waals surface area contributed by atoms with Gasteiger partial charge in [0.25, 0.3) is 0 Å². The van der Waals surface area contributed by atoms with E-state index in [9.17, 15) is 4.39 Å². The third-order valence-corrected chi connectivity index (χ3v) is 3.56. The van der Waals surface area contributed by atoms with E-state index in [1.165, 1.54) is 0 Å². The molecule has 1 rings (SSSR count). The Labute approximate surface area is 127 Å². The number of halogens is 2. The van der Waals surface area contributed by atoms with Gasteiger partial charge in [0.05, 0.1) is 5.02 Å². The van der Waals surface area contributed by atoms with Crippen molar-refractivity contribution in [2.24, 2.45) is 11.8 Å². The van der Waals surface area contributed by atoms with Gasteiger partial charge in [0, 0.05) is 5.54 Å². The molecule has 1 aromatic rings. The van der Waals surface area contributed by atoms with Crippen LogP contribution in [-0.2, 0) is 6.42 Å². The van der Waals surface area contributed by atoms with E-state index < -0.39 is 0 Å². The van der Waals surface area contributed by atoms with Gasteiger partial charge in [-0.3, -0.25) is 0 Å². The predicted octanol–water partition coefficient (Wildman–Crippen LogP) is 5.07. The molecular weight excluding hydrogens is 273 g/mol. The molecular formula is C17H27ClFN. The zero-order valence-electron chi connectivity index (χ0n) is 13.3. The largest absolute Gasteiger partial charge is 0.312 e. The zero-order chi connectivity index (χ0) is 15.3. The van der Waals surface area contributed by atoms with Crippen LogP contribution in [0.1, 0.15) is 46.6 Å². The lowest BCUT2D eigenvalue weighted by Crippen LogP contribution is -2.40. The van der Waals surface area contributed by atoms with Gasteiger partial charge in [0.1, 0.15) is 5.82 Å². The maximum absolute atomic E-state index is 14.0. The van der Waals surface area contributed by atoms with Crippen LogP contribution in [0.3, 0.4) is 0 Å². The molecule has 1 N–H and O–H groups in total. The van der Waals surface area contributed by atoms with Gasteiger partial charge in [-0.15, -0.1) is 0 Å². The topological polar surface area (TPSA) is 12.0 Å². The molecule has 0 aliphatic carbocycles. The second kappa shape index (κ2) is 7.42. The van der Waals surface area contributed by atoms with Gasteiger partial charge in [0.2, 0.25) is 0 Å². The molecule has 1 unspecified atom stereocenters. The summed E-state index contributed by atoms with van der Waals surface area (Å²) < 4.78 is 14.0. The first kappa shape index (κ1) is 17.5. The van der Waals surface area contributed by atoms with Gasteiger partial charge in [0.15, 0.2) is 0 Å². The minimum absolute atomic E-state index is 0.0854. The van der Waals surface area contributed by atoms with Gasteiger partial charge < -0.3 is 5.32 Å². The molecule has 0 amide bonds. The fraction of sp³-hybridized carbons (Fsp3) is 0.647. The van der Waals surface area contributed by atoms with Crippen LogP contribution in [0.15, 0.2) is 18.2 Å². The van der Waals surface area contributed by atoms with Crippen molar-refractivity contribution in [2.45, 2.75) is 53.0 Å². The summed E-state index contributed by atoms with van der Waals surface area (Å²) in [6, 6.07) is 5.27.